The third-order valence-corrected chi connectivity index (χ3v) is 2.49. The number of carboxylic acids is 1. The number of ether oxygens (including phenoxy) is 1. The molecule has 0 saturated carbocycles. The molecule has 0 fully saturated rings. The number of rotatable bonds is 6. The molecule has 0 spiro atoms. The molecule has 1 aromatic rings. The monoisotopic (exact) mass is 280 g/mol. The zero-order valence-electron chi connectivity index (χ0n) is 11.0. The Kier molecular flexibility index (Phi) is 6.02. The molecule has 7 nitrogen and oxygen atoms in total. The molecule has 0 aliphatic rings. The molecule has 0 atom stereocenters. The molecule has 7 heteroatoms. The lowest BCUT2D eigenvalue weighted by Gasteiger charge is -2.07. The Morgan fingerprint density at radius 2 is 2.00 bits per heavy atom. The third kappa shape index (κ3) is 5.38. The van der Waals surface area contributed by atoms with Gasteiger partial charge in [0.15, 0.2) is 0 Å². The van der Waals surface area contributed by atoms with Gasteiger partial charge < -0.3 is 20.5 Å². The molecule has 3 N–H and O–H groups in total. The fraction of sp³-hybridized carbons (Fsp3) is 0.308. The van der Waals surface area contributed by atoms with E-state index in [0.717, 1.165) is 5.56 Å². The highest BCUT2D eigenvalue weighted by Gasteiger charge is 2.05. The number of benzene rings is 1. The number of methoxy groups -OCH3 is 1. The molecule has 0 unspecified atom stereocenters. The minimum atomic E-state index is -0.990. The molecule has 20 heavy (non-hydrogen) atoms. The van der Waals surface area contributed by atoms with Gasteiger partial charge in [-0.2, -0.15) is 0 Å². The molecular formula is C13H16N2O5. The maximum Gasteiger partial charge on any atom is 0.335 e. The minimum Gasteiger partial charge on any atom is -0.478 e. The SMILES string of the molecule is COC(=O)CNC(=O)NCCc1cccc(C(=O)O)c1. The van der Waals surface area contributed by atoms with Crippen molar-refractivity contribution in [1.82, 2.24) is 10.6 Å². The standard InChI is InChI=1S/C13H16N2O5/c1-20-11(16)8-15-13(19)14-6-5-9-3-2-4-10(7-9)12(17)18/h2-4,7H,5-6,8H2,1H3,(H,17,18)(H2,14,15,19). The smallest absolute Gasteiger partial charge is 0.335 e. The summed E-state index contributed by atoms with van der Waals surface area (Å²) in [5, 5.41) is 13.7. The summed E-state index contributed by atoms with van der Waals surface area (Å²) in [6.45, 7) is 0.132. The zero-order chi connectivity index (χ0) is 15.0. The Morgan fingerprint density at radius 3 is 2.65 bits per heavy atom. The number of carbonyl (C=O) groups excluding carboxylic acids is 2. The molecule has 0 aliphatic carbocycles. The van der Waals surface area contributed by atoms with Gasteiger partial charge in [0.1, 0.15) is 6.54 Å². The predicted octanol–water partition coefficient (Wildman–Crippen LogP) is 0.400. The van der Waals surface area contributed by atoms with Gasteiger partial charge in [-0.1, -0.05) is 12.1 Å². The summed E-state index contributed by atoms with van der Waals surface area (Å²) in [7, 11) is 1.23. The largest absolute Gasteiger partial charge is 0.478 e. The molecule has 0 bridgehead atoms. The topological polar surface area (TPSA) is 105 Å². The van der Waals surface area contributed by atoms with Crippen LogP contribution in [0.5, 0.6) is 0 Å². The van der Waals surface area contributed by atoms with Crippen molar-refractivity contribution in [2.75, 3.05) is 20.2 Å². The predicted molar refractivity (Wildman–Crippen MR) is 70.5 cm³/mol. The van der Waals surface area contributed by atoms with E-state index in [1.54, 1.807) is 18.2 Å². The van der Waals surface area contributed by atoms with Gasteiger partial charge in [0.05, 0.1) is 12.7 Å². The van der Waals surface area contributed by atoms with Gasteiger partial charge in [-0.15, -0.1) is 0 Å². The van der Waals surface area contributed by atoms with Gasteiger partial charge in [0.25, 0.3) is 0 Å². The van der Waals surface area contributed by atoms with E-state index >= 15 is 0 Å². The second kappa shape index (κ2) is 7.78. The average Bonchev–Trinajstić information content (AvgIpc) is 2.45. The summed E-state index contributed by atoms with van der Waals surface area (Å²) < 4.78 is 4.37. The highest BCUT2D eigenvalue weighted by Crippen LogP contribution is 2.05. The second-order valence-corrected chi connectivity index (χ2v) is 3.94. The van der Waals surface area contributed by atoms with Crippen LogP contribution in [0.25, 0.3) is 0 Å². The van der Waals surface area contributed by atoms with Gasteiger partial charge >= 0.3 is 18.0 Å². The van der Waals surface area contributed by atoms with E-state index in [0.29, 0.717) is 13.0 Å². The van der Waals surface area contributed by atoms with Crippen LogP contribution in [0.2, 0.25) is 0 Å². The lowest BCUT2D eigenvalue weighted by molar-refractivity contribution is -0.139. The molecule has 1 rings (SSSR count). The van der Waals surface area contributed by atoms with Gasteiger partial charge in [0, 0.05) is 6.54 Å². The number of amides is 2. The maximum absolute atomic E-state index is 11.3. The van der Waals surface area contributed by atoms with E-state index in [1.165, 1.54) is 13.2 Å². The molecule has 1 aromatic carbocycles. The molecule has 2 amide bonds. The van der Waals surface area contributed by atoms with Crippen molar-refractivity contribution in [2.24, 2.45) is 0 Å². The Bertz CT molecular complexity index is 501. The summed E-state index contributed by atoms with van der Waals surface area (Å²) in [4.78, 5) is 32.9. The van der Waals surface area contributed by atoms with Crippen LogP contribution in [0.1, 0.15) is 15.9 Å². The second-order valence-electron chi connectivity index (χ2n) is 3.94. The molecule has 0 aromatic heterocycles. The first-order valence-electron chi connectivity index (χ1n) is 5.93. The van der Waals surface area contributed by atoms with E-state index in [-0.39, 0.29) is 12.1 Å². The fourth-order valence-electron chi connectivity index (χ4n) is 1.47. The van der Waals surface area contributed by atoms with Gasteiger partial charge in [0.2, 0.25) is 0 Å². The fourth-order valence-corrected chi connectivity index (χ4v) is 1.47. The van der Waals surface area contributed by atoms with E-state index in [1.807, 2.05) is 0 Å². The number of hydrogen-bond donors (Lipinski definition) is 3. The van der Waals surface area contributed by atoms with Gasteiger partial charge in [-0.05, 0) is 24.1 Å². The highest BCUT2D eigenvalue weighted by molar-refractivity contribution is 5.87. The summed E-state index contributed by atoms with van der Waals surface area (Å²) in [5.41, 5.74) is 1.01. The van der Waals surface area contributed by atoms with Crippen LogP contribution in [-0.4, -0.2) is 43.3 Å². The van der Waals surface area contributed by atoms with Crippen molar-refractivity contribution in [3.05, 3.63) is 35.4 Å². The average molecular weight is 280 g/mol. The number of nitrogens with one attached hydrogen (secondary N) is 2. The molecular weight excluding hydrogens is 264 g/mol. The quantitative estimate of drug-likeness (QED) is 0.654. The van der Waals surface area contributed by atoms with Crippen molar-refractivity contribution in [2.45, 2.75) is 6.42 Å². The van der Waals surface area contributed by atoms with Crippen LogP contribution < -0.4 is 10.6 Å². The van der Waals surface area contributed by atoms with E-state index in [4.69, 9.17) is 5.11 Å². The van der Waals surface area contributed by atoms with Crippen LogP contribution in [0.15, 0.2) is 24.3 Å². The normalized spacial score (nSPS) is 9.65. The van der Waals surface area contributed by atoms with E-state index < -0.39 is 18.0 Å². The van der Waals surface area contributed by atoms with Crippen LogP contribution in [0, 0.1) is 0 Å². The lowest BCUT2D eigenvalue weighted by atomic mass is 10.1. The van der Waals surface area contributed by atoms with Crippen LogP contribution >= 0.6 is 0 Å². The summed E-state index contributed by atoms with van der Waals surface area (Å²) in [6, 6.07) is 6.00. The van der Waals surface area contributed by atoms with Crippen LogP contribution in [0.3, 0.4) is 0 Å². The zero-order valence-corrected chi connectivity index (χ0v) is 11.0. The van der Waals surface area contributed by atoms with Gasteiger partial charge in [-0.25, -0.2) is 9.59 Å². The van der Waals surface area contributed by atoms with Crippen molar-refractivity contribution in [3.63, 3.8) is 0 Å². The number of hydrogen-bond acceptors (Lipinski definition) is 4. The van der Waals surface area contributed by atoms with Crippen molar-refractivity contribution in [1.29, 1.82) is 0 Å². The number of carbonyl (C=O) groups is 3. The number of esters is 1. The Labute approximate surface area is 115 Å². The van der Waals surface area contributed by atoms with Crippen molar-refractivity contribution >= 4 is 18.0 Å². The van der Waals surface area contributed by atoms with Gasteiger partial charge in [-0.3, -0.25) is 4.79 Å². The summed E-state index contributed by atoms with van der Waals surface area (Å²) in [6.07, 6.45) is 0.493. The molecule has 0 aliphatic heterocycles. The first-order chi connectivity index (χ1) is 9.52. The Morgan fingerprint density at radius 1 is 1.25 bits per heavy atom. The first-order valence-corrected chi connectivity index (χ1v) is 5.93. The van der Waals surface area contributed by atoms with Crippen molar-refractivity contribution in [3.8, 4) is 0 Å². The molecule has 108 valence electrons. The number of aromatic carboxylic acids is 1. The Balaban J connectivity index is 2.33. The molecule has 0 radical (unpaired) electrons. The highest BCUT2D eigenvalue weighted by atomic mass is 16.5. The molecule has 0 saturated heterocycles. The van der Waals surface area contributed by atoms with Crippen LogP contribution in [-0.2, 0) is 16.0 Å². The maximum atomic E-state index is 11.3. The van der Waals surface area contributed by atoms with E-state index in [2.05, 4.69) is 15.4 Å². The summed E-state index contributed by atoms with van der Waals surface area (Å²) in [5.74, 6) is -1.52. The molecule has 0 heterocycles. The minimum absolute atomic E-state index is 0.198. The lowest BCUT2D eigenvalue weighted by Crippen LogP contribution is -2.39. The number of urea groups is 1. The summed E-state index contributed by atoms with van der Waals surface area (Å²) >= 11 is 0. The third-order valence-electron chi connectivity index (χ3n) is 2.49. The first kappa shape index (κ1) is 15.5. The Hall–Kier alpha value is -2.57. The van der Waals surface area contributed by atoms with Crippen LogP contribution in [0.4, 0.5) is 4.79 Å². The van der Waals surface area contributed by atoms with E-state index in [9.17, 15) is 14.4 Å². The van der Waals surface area contributed by atoms with Crippen molar-refractivity contribution < 1.29 is 24.2 Å². The number of carboxylic acid groups (broad SMARTS) is 1.